The van der Waals surface area contributed by atoms with E-state index in [0.29, 0.717) is 6.04 Å². The number of nitrogens with one attached hydrogen (secondary N) is 1. The average molecular weight is 299 g/mol. The maximum absolute atomic E-state index is 3.73. The van der Waals surface area contributed by atoms with Gasteiger partial charge in [0.1, 0.15) is 0 Å². The predicted molar refractivity (Wildman–Crippen MR) is 94.9 cm³/mol. The van der Waals surface area contributed by atoms with Crippen molar-refractivity contribution in [3.05, 3.63) is 71.8 Å². The molecule has 2 heteroatoms. The number of hydrogen-bond acceptors (Lipinski definition) is 2. The Morgan fingerprint density at radius 2 is 1.57 bits per heavy atom. The second-order valence-corrected chi connectivity index (χ2v) is 6.29. The smallest absolute Gasteiger partial charge is 0.0360 e. The lowest BCUT2D eigenvalue weighted by atomic mass is 9.99. The molecule has 0 aromatic heterocycles. The molecule has 2 rings (SSSR count). The molecule has 0 heterocycles. The lowest BCUT2D eigenvalue weighted by molar-refractivity contribution is 0.518. The Morgan fingerprint density at radius 3 is 2.24 bits per heavy atom. The lowest BCUT2D eigenvalue weighted by Gasteiger charge is -2.19. The standard InChI is InChI=1S/C19H25NS/c1-21-15-9-8-14-20-19(18-12-6-3-7-13-18)16-17-10-4-2-5-11-17/h2-7,10-13,19-20H,8-9,14-16H2,1H3. The van der Waals surface area contributed by atoms with Crippen LogP contribution in [-0.2, 0) is 6.42 Å². The van der Waals surface area contributed by atoms with Crippen molar-refractivity contribution in [2.45, 2.75) is 25.3 Å². The van der Waals surface area contributed by atoms with Crippen molar-refractivity contribution in [3.63, 3.8) is 0 Å². The van der Waals surface area contributed by atoms with Crippen LogP contribution in [-0.4, -0.2) is 18.6 Å². The molecule has 0 aliphatic rings. The molecule has 0 spiro atoms. The maximum atomic E-state index is 3.73. The minimum atomic E-state index is 0.405. The summed E-state index contributed by atoms with van der Waals surface area (Å²) in [6.07, 6.45) is 5.77. The third kappa shape index (κ3) is 5.94. The summed E-state index contributed by atoms with van der Waals surface area (Å²) >= 11 is 1.93. The second-order valence-electron chi connectivity index (χ2n) is 5.31. The molecule has 0 bridgehead atoms. The van der Waals surface area contributed by atoms with Gasteiger partial charge in [-0.05, 0) is 48.9 Å². The quantitative estimate of drug-likeness (QED) is 0.673. The highest BCUT2D eigenvalue weighted by Crippen LogP contribution is 2.18. The summed E-state index contributed by atoms with van der Waals surface area (Å²) < 4.78 is 0. The summed E-state index contributed by atoms with van der Waals surface area (Å²) in [5, 5.41) is 3.73. The SMILES string of the molecule is CSCCCCNC(Cc1ccccc1)c1ccccc1. The molecule has 1 unspecified atom stereocenters. The topological polar surface area (TPSA) is 12.0 Å². The first-order chi connectivity index (χ1) is 10.4. The van der Waals surface area contributed by atoms with E-state index in [0.717, 1.165) is 13.0 Å². The van der Waals surface area contributed by atoms with E-state index >= 15 is 0 Å². The van der Waals surface area contributed by atoms with Crippen LogP contribution in [0, 0.1) is 0 Å². The van der Waals surface area contributed by atoms with Crippen LogP contribution in [0.5, 0.6) is 0 Å². The fraction of sp³-hybridized carbons (Fsp3) is 0.368. The van der Waals surface area contributed by atoms with Gasteiger partial charge in [0.25, 0.3) is 0 Å². The first kappa shape index (κ1) is 16.1. The Labute approximate surface area is 133 Å². The number of thioether (sulfide) groups is 1. The molecule has 0 aliphatic carbocycles. The van der Waals surface area contributed by atoms with Crippen LogP contribution in [0.1, 0.15) is 30.0 Å². The van der Waals surface area contributed by atoms with Gasteiger partial charge in [-0.25, -0.2) is 0 Å². The highest BCUT2D eigenvalue weighted by molar-refractivity contribution is 7.98. The Hall–Kier alpha value is -1.25. The van der Waals surface area contributed by atoms with Gasteiger partial charge in [0.2, 0.25) is 0 Å². The first-order valence-electron chi connectivity index (χ1n) is 7.71. The highest BCUT2D eigenvalue weighted by Gasteiger charge is 2.10. The van der Waals surface area contributed by atoms with E-state index in [9.17, 15) is 0 Å². The van der Waals surface area contributed by atoms with E-state index in [1.807, 2.05) is 11.8 Å². The molecule has 1 atom stereocenters. The van der Waals surface area contributed by atoms with E-state index in [1.54, 1.807) is 0 Å². The summed E-state index contributed by atoms with van der Waals surface area (Å²) in [7, 11) is 0. The first-order valence-corrected chi connectivity index (χ1v) is 9.10. The molecule has 2 aromatic rings. The Kier molecular flexibility index (Phi) is 7.41. The number of benzene rings is 2. The van der Waals surface area contributed by atoms with Crippen LogP contribution < -0.4 is 5.32 Å². The van der Waals surface area contributed by atoms with Crippen LogP contribution in [0.25, 0.3) is 0 Å². The number of hydrogen-bond donors (Lipinski definition) is 1. The van der Waals surface area contributed by atoms with Gasteiger partial charge < -0.3 is 5.32 Å². The van der Waals surface area contributed by atoms with E-state index in [-0.39, 0.29) is 0 Å². The molecule has 0 fully saturated rings. The van der Waals surface area contributed by atoms with Crippen molar-refractivity contribution in [1.82, 2.24) is 5.32 Å². The van der Waals surface area contributed by atoms with Crippen molar-refractivity contribution in [1.29, 1.82) is 0 Å². The Bertz CT molecular complexity index is 483. The molecule has 0 amide bonds. The van der Waals surface area contributed by atoms with E-state index in [2.05, 4.69) is 72.2 Å². The van der Waals surface area contributed by atoms with Crippen LogP contribution in [0.2, 0.25) is 0 Å². The number of unbranched alkanes of at least 4 members (excludes halogenated alkanes) is 1. The number of rotatable bonds is 9. The van der Waals surface area contributed by atoms with Crippen molar-refractivity contribution >= 4 is 11.8 Å². The minimum Gasteiger partial charge on any atom is -0.310 e. The molecule has 21 heavy (non-hydrogen) atoms. The van der Waals surface area contributed by atoms with E-state index in [4.69, 9.17) is 0 Å². The fourth-order valence-electron chi connectivity index (χ4n) is 2.49. The van der Waals surface area contributed by atoms with Crippen LogP contribution in [0.3, 0.4) is 0 Å². The van der Waals surface area contributed by atoms with Crippen LogP contribution in [0.4, 0.5) is 0 Å². The summed E-state index contributed by atoms with van der Waals surface area (Å²) in [5.41, 5.74) is 2.77. The van der Waals surface area contributed by atoms with Gasteiger partial charge in [0.15, 0.2) is 0 Å². The lowest BCUT2D eigenvalue weighted by Crippen LogP contribution is -2.24. The zero-order chi connectivity index (χ0) is 14.8. The summed E-state index contributed by atoms with van der Waals surface area (Å²) in [6.45, 7) is 1.09. The molecule has 1 nitrogen and oxygen atoms in total. The average Bonchev–Trinajstić information content (AvgIpc) is 2.55. The molecule has 112 valence electrons. The van der Waals surface area contributed by atoms with Gasteiger partial charge in [-0.3, -0.25) is 0 Å². The molecule has 0 saturated heterocycles. The molecule has 1 N–H and O–H groups in total. The largest absolute Gasteiger partial charge is 0.310 e. The van der Waals surface area contributed by atoms with Gasteiger partial charge >= 0.3 is 0 Å². The molecule has 0 radical (unpaired) electrons. The fourth-order valence-corrected chi connectivity index (χ4v) is 2.98. The van der Waals surface area contributed by atoms with Gasteiger partial charge in [-0.1, -0.05) is 60.7 Å². The molecular weight excluding hydrogens is 274 g/mol. The van der Waals surface area contributed by atoms with Gasteiger partial charge in [0.05, 0.1) is 0 Å². The summed E-state index contributed by atoms with van der Waals surface area (Å²) in [5.74, 6) is 1.26. The van der Waals surface area contributed by atoms with Crippen molar-refractivity contribution in [2.75, 3.05) is 18.6 Å². The summed E-state index contributed by atoms with van der Waals surface area (Å²) in [6, 6.07) is 21.9. The van der Waals surface area contributed by atoms with E-state index in [1.165, 1.54) is 29.7 Å². The predicted octanol–water partition coefficient (Wildman–Crippen LogP) is 4.70. The monoisotopic (exact) mass is 299 g/mol. The molecule has 2 aromatic carbocycles. The zero-order valence-corrected chi connectivity index (χ0v) is 13.6. The molecule has 0 aliphatic heterocycles. The second kappa shape index (κ2) is 9.64. The third-order valence-corrected chi connectivity index (χ3v) is 4.35. The Balaban J connectivity index is 1.94. The van der Waals surface area contributed by atoms with Crippen molar-refractivity contribution in [2.24, 2.45) is 0 Å². The van der Waals surface area contributed by atoms with Crippen LogP contribution in [0.15, 0.2) is 60.7 Å². The van der Waals surface area contributed by atoms with Gasteiger partial charge in [0, 0.05) is 6.04 Å². The van der Waals surface area contributed by atoms with Gasteiger partial charge in [-0.15, -0.1) is 0 Å². The Morgan fingerprint density at radius 1 is 0.905 bits per heavy atom. The van der Waals surface area contributed by atoms with E-state index < -0.39 is 0 Å². The molecule has 0 saturated carbocycles. The van der Waals surface area contributed by atoms with Crippen LogP contribution >= 0.6 is 11.8 Å². The third-order valence-electron chi connectivity index (χ3n) is 3.65. The van der Waals surface area contributed by atoms with Gasteiger partial charge in [-0.2, -0.15) is 11.8 Å². The summed E-state index contributed by atoms with van der Waals surface area (Å²) in [4.78, 5) is 0. The normalized spacial score (nSPS) is 12.2. The zero-order valence-electron chi connectivity index (χ0n) is 12.8. The van der Waals surface area contributed by atoms with Crippen molar-refractivity contribution < 1.29 is 0 Å². The highest BCUT2D eigenvalue weighted by atomic mass is 32.2. The maximum Gasteiger partial charge on any atom is 0.0360 e. The minimum absolute atomic E-state index is 0.405. The van der Waals surface area contributed by atoms with Crippen molar-refractivity contribution in [3.8, 4) is 0 Å². The molecular formula is C19H25NS.